The average Bonchev–Trinajstić information content (AvgIpc) is 2.87. The Balaban J connectivity index is 0.00000162. The third-order valence-electron chi connectivity index (χ3n) is 2.66. The Morgan fingerprint density at radius 1 is 1.50 bits per heavy atom. The molecule has 0 saturated carbocycles. The van der Waals surface area contributed by atoms with E-state index in [1.165, 1.54) is 16.9 Å². The van der Waals surface area contributed by atoms with Crippen LogP contribution in [0.2, 0.25) is 0 Å². The number of aromatic nitrogens is 2. The molecule has 0 aromatic carbocycles. The molecule has 4 atom stereocenters. The molecule has 1 aliphatic rings. The van der Waals surface area contributed by atoms with Crippen molar-refractivity contribution in [1.29, 1.82) is 5.41 Å². The molecule has 0 amide bonds. The first kappa shape index (κ1) is 14.9. The number of halogens is 1. The number of nitrogens with zero attached hydrogens (tertiary/aromatic N) is 2. The van der Waals surface area contributed by atoms with Gasteiger partial charge in [0.05, 0.1) is 6.61 Å². The van der Waals surface area contributed by atoms with Gasteiger partial charge in [0.1, 0.15) is 29.8 Å². The van der Waals surface area contributed by atoms with Crippen molar-refractivity contribution in [3.05, 3.63) is 18.0 Å². The summed E-state index contributed by atoms with van der Waals surface area (Å²) in [6.45, 7) is -0.393. The Morgan fingerprint density at radius 3 is 2.61 bits per heavy atom. The molecule has 0 spiro atoms. The highest BCUT2D eigenvalue weighted by Gasteiger charge is 2.43. The summed E-state index contributed by atoms with van der Waals surface area (Å²) in [6.07, 6.45) is -2.62. The molecule has 0 radical (unpaired) electrons. The van der Waals surface area contributed by atoms with Crippen molar-refractivity contribution in [2.75, 3.05) is 6.61 Å². The third kappa shape index (κ3) is 2.47. The SMILES string of the molecule is Cl.N=C(N)c1ccn([C@@H]2O[C@H](CO)[C@@H](O)[C@H]2O)n1. The molecule has 0 unspecified atom stereocenters. The Labute approximate surface area is 109 Å². The van der Waals surface area contributed by atoms with Crippen LogP contribution in [-0.2, 0) is 4.74 Å². The minimum Gasteiger partial charge on any atom is -0.394 e. The molecular weight excluding hydrogens is 264 g/mol. The molecule has 2 heterocycles. The van der Waals surface area contributed by atoms with Crippen molar-refractivity contribution >= 4 is 18.2 Å². The number of aliphatic hydroxyl groups is 3. The van der Waals surface area contributed by atoms with Crippen LogP contribution in [-0.4, -0.2) is 55.9 Å². The highest BCUT2D eigenvalue weighted by atomic mass is 35.5. The van der Waals surface area contributed by atoms with E-state index in [2.05, 4.69) is 5.10 Å². The van der Waals surface area contributed by atoms with Gasteiger partial charge in [-0.05, 0) is 6.07 Å². The van der Waals surface area contributed by atoms with Crippen molar-refractivity contribution in [3.63, 3.8) is 0 Å². The molecule has 0 aliphatic carbocycles. The third-order valence-corrected chi connectivity index (χ3v) is 2.66. The standard InChI is InChI=1S/C9H14N4O4.ClH/c10-8(11)4-1-2-13(12-4)9-7(16)6(15)5(3-14)17-9;/h1-2,5-7,9,14-16H,3H2,(H3,10,11);1H/t5-,6-,7-,9-;/m1./s1. The van der Waals surface area contributed by atoms with E-state index < -0.39 is 31.1 Å². The molecule has 1 aliphatic heterocycles. The van der Waals surface area contributed by atoms with Gasteiger partial charge in [0.15, 0.2) is 6.23 Å². The van der Waals surface area contributed by atoms with E-state index in [9.17, 15) is 10.2 Å². The van der Waals surface area contributed by atoms with E-state index >= 15 is 0 Å². The van der Waals surface area contributed by atoms with Gasteiger partial charge in [-0.25, -0.2) is 4.68 Å². The predicted molar refractivity (Wildman–Crippen MR) is 63.5 cm³/mol. The number of rotatable bonds is 3. The lowest BCUT2D eigenvalue weighted by molar-refractivity contribution is -0.0586. The smallest absolute Gasteiger partial charge is 0.179 e. The second-order valence-corrected chi connectivity index (χ2v) is 3.82. The van der Waals surface area contributed by atoms with E-state index in [1.807, 2.05) is 0 Å². The highest BCUT2D eigenvalue weighted by molar-refractivity contribution is 5.92. The number of nitrogen functional groups attached to an aromatic ring is 1. The Bertz CT molecular complexity index is 426. The summed E-state index contributed by atoms with van der Waals surface area (Å²) in [7, 11) is 0. The first-order valence-corrected chi connectivity index (χ1v) is 5.06. The van der Waals surface area contributed by atoms with Crippen LogP contribution >= 0.6 is 12.4 Å². The number of aliphatic hydroxyl groups excluding tert-OH is 3. The van der Waals surface area contributed by atoms with Gasteiger partial charge < -0.3 is 25.8 Å². The highest BCUT2D eigenvalue weighted by Crippen LogP contribution is 2.28. The summed E-state index contributed by atoms with van der Waals surface area (Å²) in [5.74, 6) is -0.199. The molecule has 0 bridgehead atoms. The van der Waals surface area contributed by atoms with Crippen LogP contribution in [0.3, 0.4) is 0 Å². The van der Waals surface area contributed by atoms with E-state index in [1.54, 1.807) is 0 Å². The molecule has 8 nitrogen and oxygen atoms in total. The zero-order chi connectivity index (χ0) is 12.6. The van der Waals surface area contributed by atoms with E-state index in [-0.39, 0.29) is 23.9 Å². The van der Waals surface area contributed by atoms with E-state index in [0.29, 0.717) is 0 Å². The largest absolute Gasteiger partial charge is 0.394 e. The van der Waals surface area contributed by atoms with Gasteiger partial charge in [0, 0.05) is 6.20 Å². The summed E-state index contributed by atoms with van der Waals surface area (Å²) in [5, 5.41) is 39.4. The van der Waals surface area contributed by atoms with Gasteiger partial charge in [0.25, 0.3) is 0 Å². The zero-order valence-electron chi connectivity index (χ0n) is 9.30. The first-order chi connectivity index (χ1) is 8.04. The quantitative estimate of drug-likeness (QED) is 0.327. The lowest BCUT2D eigenvalue weighted by Gasteiger charge is -2.14. The summed E-state index contributed by atoms with van der Waals surface area (Å²) >= 11 is 0. The van der Waals surface area contributed by atoms with Gasteiger partial charge in [-0.1, -0.05) is 0 Å². The predicted octanol–water partition coefficient (Wildman–Crippen LogP) is -1.80. The fourth-order valence-electron chi connectivity index (χ4n) is 1.72. The van der Waals surface area contributed by atoms with Crippen LogP contribution in [0.15, 0.2) is 12.3 Å². The van der Waals surface area contributed by atoms with Crippen LogP contribution in [0.25, 0.3) is 0 Å². The Kier molecular flexibility index (Phi) is 4.65. The summed E-state index contributed by atoms with van der Waals surface area (Å²) in [4.78, 5) is 0. The lowest BCUT2D eigenvalue weighted by Crippen LogP contribution is -2.33. The Hall–Kier alpha value is -1.19. The molecule has 1 saturated heterocycles. The molecule has 1 fully saturated rings. The van der Waals surface area contributed by atoms with Crippen molar-refractivity contribution < 1.29 is 20.1 Å². The number of hydrogen-bond acceptors (Lipinski definition) is 6. The number of nitrogens with one attached hydrogen (secondary N) is 1. The van der Waals surface area contributed by atoms with E-state index in [0.717, 1.165) is 0 Å². The summed E-state index contributed by atoms with van der Waals surface area (Å²) in [6, 6.07) is 1.50. The average molecular weight is 279 g/mol. The fraction of sp³-hybridized carbons (Fsp3) is 0.556. The molecule has 18 heavy (non-hydrogen) atoms. The molecule has 1 aromatic rings. The molecule has 6 N–H and O–H groups in total. The number of nitrogens with two attached hydrogens (primary N) is 1. The maximum Gasteiger partial charge on any atom is 0.179 e. The minimum atomic E-state index is -1.19. The molecule has 2 rings (SSSR count). The molecule has 1 aromatic heterocycles. The minimum absolute atomic E-state index is 0. The topological polar surface area (TPSA) is 138 Å². The second kappa shape index (κ2) is 5.63. The second-order valence-electron chi connectivity index (χ2n) is 3.82. The zero-order valence-corrected chi connectivity index (χ0v) is 10.1. The van der Waals surface area contributed by atoms with Crippen molar-refractivity contribution in [3.8, 4) is 0 Å². The first-order valence-electron chi connectivity index (χ1n) is 5.06. The Morgan fingerprint density at radius 2 is 2.17 bits per heavy atom. The maximum absolute atomic E-state index is 9.73. The summed E-state index contributed by atoms with van der Waals surface area (Å²) in [5.41, 5.74) is 5.51. The van der Waals surface area contributed by atoms with Crippen LogP contribution in [0, 0.1) is 5.41 Å². The van der Waals surface area contributed by atoms with Crippen molar-refractivity contribution in [1.82, 2.24) is 9.78 Å². The monoisotopic (exact) mass is 278 g/mol. The fourth-order valence-corrected chi connectivity index (χ4v) is 1.72. The van der Waals surface area contributed by atoms with Gasteiger partial charge >= 0.3 is 0 Å². The van der Waals surface area contributed by atoms with Crippen LogP contribution < -0.4 is 5.73 Å². The number of ether oxygens (including phenoxy) is 1. The van der Waals surface area contributed by atoms with Crippen LogP contribution in [0.5, 0.6) is 0 Å². The number of amidine groups is 1. The van der Waals surface area contributed by atoms with Crippen molar-refractivity contribution in [2.24, 2.45) is 5.73 Å². The molecule has 9 heteroatoms. The van der Waals surface area contributed by atoms with E-state index in [4.69, 9.17) is 21.0 Å². The van der Waals surface area contributed by atoms with Crippen LogP contribution in [0.1, 0.15) is 11.9 Å². The van der Waals surface area contributed by atoms with Crippen LogP contribution in [0.4, 0.5) is 0 Å². The number of hydrogen-bond donors (Lipinski definition) is 5. The van der Waals surface area contributed by atoms with Gasteiger partial charge in [-0.15, -0.1) is 12.4 Å². The lowest BCUT2D eigenvalue weighted by atomic mass is 10.1. The van der Waals surface area contributed by atoms with Gasteiger partial charge in [-0.2, -0.15) is 5.10 Å². The van der Waals surface area contributed by atoms with Crippen molar-refractivity contribution in [2.45, 2.75) is 24.5 Å². The van der Waals surface area contributed by atoms with Gasteiger partial charge in [0.2, 0.25) is 0 Å². The normalized spacial score (nSPS) is 31.1. The van der Waals surface area contributed by atoms with Gasteiger partial charge in [-0.3, -0.25) is 5.41 Å². The molecule has 102 valence electrons. The molecular formula is C9H15ClN4O4. The maximum atomic E-state index is 9.73. The summed E-state index contributed by atoms with van der Waals surface area (Å²) < 4.78 is 6.52.